The Morgan fingerprint density at radius 2 is 2.07 bits per heavy atom. The first-order valence-corrected chi connectivity index (χ1v) is 5.04. The van der Waals surface area contributed by atoms with Gasteiger partial charge in [-0.2, -0.15) is 5.26 Å². The summed E-state index contributed by atoms with van der Waals surface area (Å²) in [5, 5.41) is 9.17. The maximum Gasteiger partial charge on any atom is 0.237 e. The number of carbonyl (C=O) groups excluding carboxylic acids is 1. The van der Waals surface area contributed by atoms with E-state index in [4.69, 9.17) is 5.73 Å². The van der Waals surface area contributed by atoms with Crippen LogP contribution >= 0.6 is 0 Å². The zero-order valence-electron chi connectivity index (χ0n) is 8.62. The largest absolute Gasteiger partial charge is 0.326 e. The fraction of sp³-hybridized carbons (Fsp3) is 0.800. The van der Waals surface area contributed by atoms with E-state index in [9.17, 15) is 10.1 Å². The zero-order valence-corrected chi connectivity index (χ0v) is 8.62. The van der Waals surface area contributed by atoms with Gasteiger partial charge in [0.1, 0.15) is 5.54 Å². The van der Waals surface area contributed by atoms with E-state index >= 15 is 0 Å². The summed E-state index contributed by atoms with van der Waals surface area (Å²) in [7, 11) is 1.68. The molecule has 14 heavy (non-hydrogen) atoms. The highest BCUT2D eigenvalue weighted by molar-refractivity contribution is 5.79. The monoisotopic (exact) mass is 195 g/mol. The Labute approximate surface area is 84.7 Å². The van der Waals surface area contributed by atoms with E-state index in [1.807, 2.05) is 0 Å². The smallest absolute Gasteiger partial charge is 0.237 e. The zero-order chi connectivity index (χ0) is 10.6. The van der Waals surface area contributed by atoms with Gasteiger partial charge in [0.15, 0.2) is 0 Å². The number of rotatable bonds is 2. The van der Waals surface area contributed by atoms with Crippen molar-refractivity contribution in [2.75, 3.05) is 13.6 Å². The van der Waals surface area contributed by atoms with Crippen molar-refractivity contribution >= 4 is 5.91 Å². The van der Waals surface area contributed by atoms with E-state index < -0.39 is 5.54 Å². The van der Waals surface area contributed by atoms with Crippen LogP contribution in [0.2, 0.25) is 0 Å². The molecular formula is C10H17N3O. The van der Waals surface area contributed by atoms with Gasteiger partial charge in [0.05, 0.1) is 12.6 Å². The van der Waals surface area contributed by atoms with Crippen molar-refractivity contribution in [1.82, 2.24) is 4.90 Å². The van der Waals surface area contributed by atoms with Crippen LogP contribution in [0.1, 0.15) is 32.1 Å². The predicted octanol–water partition coefficient (Wildman–Crippen LogP) is 0.630. The van der Waals surface area contributed by atoms with Gasteiger partial charge in [-0.25, -0.2) is 0 Å². The molecule has 1 rings (SSSR count). The second-order valence-corrected chi connectivity index (χ2v) is 3.86. The van der Waals surface area contributed by atoms with Crippen LogP contribution in [0.25, 0.3) is 0 Å². The van der Waals surface area contributed by atoms with Gasteiger partial charge in [-0.3, -0.25) is 4.79 Å². The summed E-state index contributed by atoms with van der Waals surface area (Å²) in [5.41, 5.74) is 4.70. The van der Waals surface area contributed by atoms with Crippen LogP contribution in [0.5, 0.6) is 0 Å². The van der Waals surface area contributed by atoms with Crippen LogP contribution in [-0.2, 0) is 4.79 Å². The van der Waals surface area contributed by atoms with Crippen LogP contribution < -0.4 is 5.73 Å². The molecule has 0 unspecified atom stereocenters. The average Bonchev–Trinajstić information content (AvgIpc) is 2.28. The molecule has 0 bridgehead atoms. The summed E-state index contributed by atoms with van der Waals surface area (Å²) >= 11 is 0. The molecule has 0 radical (unpaired) electrons. The third-order valence-electron chi connectivity index (χ3n) is 3.08. The fourth-order valence-corrected chi connectivity index (χ4v) is 2.03. The number of amides is 1. The molecule has 0 aromatic rings. The van der Waals surface area contributed by atoms with Crippen LogP contribution in [-0.4, -0.2) is 29.9 Å². The van der Waals surface area contributed by atoms with Crippen molar-refractivity contribution in [1.29, 1.82) is 5.26 Å². The van der Waals surface area contributed by atoms with E-state index in [1.54, 1.807) is 7.05 Å². The Kier molecular flexibility index (Phi) is 3.48. The molecule has 4 heteroatoms. The molecule has 1 fully saturated rings. The van der Waals surface area contributed by atoms with Gasteiger partial charge in [0.2, 0.25) is 5.91 Å². The number of nitriles is 1. The Balaban J connectivity index is 2.78. The lowest BCUT2D eigenvalue weighted by Gasteiger charge is -2.38. The highest BCUT2D eigenvalue weighted by atomic mass is 16.2. The number of hydrogen-bond donors (Lipinski definition) is 1. The van der Waals surface area contributed by atoms with Gasteiger partial charge >= 0.3 is 0 Å². The second-order valence-electron chi connectivity index (χ2n) is 3.86. The Bertz CT molecular complexity index is 251. The van der Waals surface area contributed by atoms with Gasteiger partial charge in [-0.15, -0.1) is 0 Å². The number of nitrogens with two attached hydrogens (primary N) is 1. The van der Waals surface area contributed by atoms with Crippen LogP contribution in [0.15, 0.2) is 0 Å². The van der Waals surface area contributed by atoms with Crippen LogP contribution in [0.3, 0.4) is 0 Å². The van der Waals surface area contributed by atoms with E-state index in [1.165, 1.54) is 4.90 Å². The molecule has 0 atom stereocenters. The van der Waals surface area contributed by atoms with Crippen molar-refractivity contribution in [3.05, 3.63) is 0 Å². The van der Waals surface area contributed by atoms with Gasteiger partial charge in [-0.1, -0.05) is 19.3 Å². The van der Waals surface area contributed by atoms with Crippen molar-refractivity contribution in [2.45, 2.75) is 37.6 Å². The molecule has 1 saturated carbocycles. The number of hydrogen-bond acceptors (Lipinski definition) is 3. The van der Waals surface area contributed by atoms with Gasteiger partial charge in [0, 0.05) is 7.05 Å². The Morgan fingerprint density at radius 3 is 2.50 bits per heavy atom. The highest BCUT2D eigenvalue weighted by Gasteiger charge is 2.38. The quantitative estimate of drug-likeness (QED) is 0.702. The number of likely N-dealkylation sites (N-methyl/N-ethyl adjacent to an activating group) is 1. The third kappa shape index (κ3) is 1.88. The molecular weight excluding hydrogens is 178 g/mol. The lowest BCUT2D eigenvalue weighted by molar-refractivity contribution is -0.133. The first-order chi connectivity index (χ1) is 6.66. The SMILES string of the molecule is CN(C(=O)CN)C1(C#N)CCCCC1. The minimum absolute atomic E-state index is 0.0140. The van der Waals surface area contributed by atoms with E-state index in [-0.39, 0.29) is 12.5 Å². The van der Waals surface area contributed by atoms with E-state index in [0.717, 1.165) is 32.1 Å². The van der Waals surface area contributed by atoms with Crippen LogP contribution in [0.4, 0.5) is 0 Å². The predicted molar refractivity (Wildman–Crippen MR) is 53.3 cm³/mol. The number of carbonyl (C=O) groups is 1. The van der Waals surface area contributed by atoms with Gasteiger partial charge < -0.3 is 10.6 Å². The molecule has 1 amide bonds. The van der Waals surface area contributed by atoms with Crippen molar-refractivity contribution < 1.29 is 4.79 Å². The first kappa shape index (κ1) is 11.0. The maximum atomic E-state index is 11.4. The molecule has 1 aliphatic rings. The van der Waals surface area contributed by atoms with E-state index in [0.29, 0.717) is 0 Å². The average molecular weight is 195 g/mol. The molecule has 2 N–H and O–H groups in total. The molecule has 0 aliphatic heterocycles. The van der Waals surface area contributed by atoms with Crippen molar-refractivity contribution in [3.8, 4) is 6.07 Å². The fourth-order valence-electron chi connectivity index (χ4n) is 2.03. The standard InChI is InChI=1S/C10H17N3O/c1-13(9(14)7-11)10(8-12)5-3-2-4-6-10/h2-7,11H2,1H3. The van der Waals surface area contributed by atoms with Crippen molar-refractivity contribution in [3.63, 3.8) is 0 Å². The third-order valence-corrected chi connectivity index (χ3v) is 3.08. The maximum absolute atomic E-state index is 11.4. The lowest BCUT2D eigenvalue weighted by Crippen LogP contribution is -2.51. The minimum atomic E-state index is -0.589. The van der Waals surface area contributed by atoms with Gasteiger partial charge in [-0.05, 0) is 12.8 Å². The minimum Gasteiger partial charge on any atom is -0.326 e. The second kappa shape index (κ2) is 4.43. The summed E-state index contributed by atoms with van der Waals surface area (Å²) in [5.74, 6) is -0.145. The molecule has 78 valence electrons. The molecule has 0 heterocycles. The summed E-state index contributed by atoms with van der Waals surface area (Å²) in [6, 6.07) is 2.28. The molecule has 1 aliphatic carbocycles. The molecule has 0 saturated heterocycles. The summed E-state index contributed by atoms with van der Waals surface area (Å²) in [6.45, 7) is -0.0140. The molecule has 4 nitrogen and oxygen atoms in total. The summed E-state index contributed by atoms with van der Waals surface area (Å²) in [6.07, 6.45) is 4.77. The summed E-state index contributed by atoms with van der Waals surface area (Å²) < 4.78 is 0. The van der Waals surface area contributed by atoms with Crippen molar-refractivity contribution in [2.24, 2.45) is 5.73 Å². The Hall–Kier alpha value is -1.08. The van der Waals surface area contributed by atoms with Crippen LogP contribution in [0, 0.1) is 11.3 Å². The summed E-state index contributed by atoms with van der Waals surface area (Å²) in [4.78, 5) is 13.0. The molecule has 0 aromatic carbocycles. The van der Waals surface area contributed by atoms with Gasteiger partial charge in [0.25, 0.3) is 0 Å². The topological polar surface area (TPSA) is 70.1 Å². The first-order valence-electron chi connectivity index (χ1n) is 5.04. The van der Waals surface area contributed by atoms with E-state index in [2.05, 4.69) is 6.07 Å². The number of nitrogens with zero attached hydrogens (tertiary/aromatic N) is 2. The molecule has 0 aromatic heterocycles. The normalized spacial score (nSPS) is 19.8. The molecule has 0 spiro atoms. The lowest BCUT2D eigenvalue weighted by atomic mass is 9.81. The highest BCUT2D eigenvalue weighted by Crippen LogP contribution is 2.32. The Morgan fingerprint density at radius 1 is 1.50 bits per heavy atom.